The molecule has 0 bridgehead atoms. The van der Waals surface area contributed by atoms with Crippen molar-refractivity contribution in [3.05, 3.63) is 188 Å². The van der Waals surface area contributed by atoms with Crippen molar-refractivity contribution in [1.82, 2.24) is 14.5 Å². The van der Waals surface area contributed by atoms with Crippen LogP contribution in [0.15, 0.2) is 188 Å². The molecule has 51 heavy (non-hydrogen) atoms. The second-order valence-electron chi connectivity index (χ2n) is 13.0. The molecule has 0 N–H and O–H groups in total. The van der Waals surface area contributed by atoms with Gasteiger partial charge in [0, 0.05) is 40.0 Å². The van der Waals surface area contributed by atoms with E-state index in [2.05, 4.69) is 168 Å². The highest BCUT2D eigenvalue weighted by Gasteiger charge is 2.17. The van der Waals surface area contributed by atoms with Crippen LogP contribution in [0.4, 0.5) is 0 Å². The first-order valence-electron chi connectivity index (χ1n) is 17.3. The molecule has 10 aromatic rings. The summed E-state index contributed by atoms with van der Waals surface area (Å²) < 4.78 is 2.25. The third kappa shape index (κ3) is 4.82. The third-order valence-corrected chi connectivity index (χ3v) is 10.1. The molecule has 10 rings (SSSR count). The Balaban J connectivity index is 1.02. The summed E-state index contributed by atoms with van der Waals surface area (Å²) in [4.78, 5) is 9.79. The van der Waals surface area contributed by atoms with Crippen molar-refractivity contribution in [2.24, 2.45) is 0 Å². The van der Waals surface area contributed by atoms with Gasteiger partial charge in [0.1, 0.15) is 5.65 Å². The number of para-hydroxylation sites is 1. The smallest absolute Gasteiger partial charge is 0.145 e. The van der Waals surface area contributed by atoms with E-state index in [1.165, 1.54) is 54.7 Å². The van der Waals surface area contributed by atoms with Crippen molar-refractivity contribution in [2.75, 3.05) is 0 Å². The molecule has 0 aliphatic carbocycles. The zero-order valence-corrected chi connectivity index (χ0v) is 27.7. The molecule has 0 spiro atoms. The highest BCUT2D eigenvalue weighted by atomic mass is 15.0. The number of pyridine rings is 2. The van der Waals surface area contributed by atoms with Gasteiger partial charge in [-0.2, -0.15) is 0 Å². The van der Waals surface area contributed by atoms with Gasteiger partial charge in [0.15, 0.2) is 0 Å². The van der Waals surface area contributed by atoms with E-state index in [0.29, 0.717) is 0 Å². The number of fused-ring (bicyclic) bond motifs is 5. The molecule has 0 saturated heterocycles. The van der Waals surface area contributed by atoms with Crippen molar-refractivity contribution in [3.63, 3.8) is 0 Å². The van der Waals surface area contributed by atoms with Gasteiger partial charge in [-0.15, -0.1) is 0 Å². The van der Waals surface area contributed by atoms with Gasteiger partial charge in [0.25, 0.3) is 0 Å². The largest absolute Gasteiger partial charge is 0.294 e. The Morgan fingerprint density at radius 2 is 0.902 bits per heavy atom. The van der Waals surface area contributed by atoms with Gasteiger partial charge in [-0.3, -0.25) is 9.55 Å². The summed E-state index contributed by atoms with van der Waals surface area (Å²) in [6.45, 7) is 0. The first kappa shape index (κ1) is 29.1. The van der Waals surface area contributed by atoms with Crippen LogP contribution in [0.25, 0.3) is 93.8 Å². The Bertz CT molecular complexity index is 2810. The molecule has 3 aromatic heterocycles. The number of nitrogens with zero attached hydrogens (tertiary/aromatic N) is 3. The summed E-state index contributed by atoms with van der Waals surface area (Å²) in [5, 5.41) is 7.29. The van der Waals surface area contributed by atoms with Crippen molar-refractivity contribution in [3.8, 4) is 50.3 Å². The Morgan fingerprint density at radius 1 is 0.353 bits per heavy atom. The topological polar surface area (TPSA) is 30.7 Å². The molecular formula is C48H31N3. The Hall–Kier alpha value is -6.84. The average Bonchev–Trinajstić information content (AvgIpc) is 3.54. The highest BCUT2D eigenvalue weighted by molar-refractivity contribution is 6.21. The summed E-state index contributed by atoms with van der Waals surface area (Å²) in [7, 11) is 0. The molecule has 3 heterocycles. The van der Waals surface area contributed by atoms with Crippen molar-refractivity contribution in [1.29, 1.82) is 0 Å². The van der Waals surface area contributed by atoms with E-state index in [-0.39, 0.29) is 0 Å². The van der Waals surface area contributed by atoms with Crippen molar-refractivity contribution < 1.29 is 0 Å². The molecule has 0 aliphatic heterocycles. The minimum absolute atomic E-state index is 0.951. The van der Waals surface area contributed by atoms with Gasteiger partial charge in [0.05, 0.1) is 11.2 Å². The fourth-order valence-corrected chi connectivity index (χ4v) is 7.77. The number of rotatable bonds is 5. The quantitative estimate of drug-likeness (QED) is 0.174. The second-order valence-corrected chi connectivity index (χ2v) is 13.0. The number of hydrogen-bond acceptors (Lipinski definition) is 2. The summed E-state index contributed by atoms with van der Waals surface area (Å²) in [5.74, 6) is 0. The standard InChI is InChI=1S/C48H31N3/c1-3-12-34(13-4-1)46-38-16-7-9-18-40(38)47(41-19-10-8-17-39(41)46)36-25-27-44(50-31-36)33-23-21-32(22-24-33)35-26-28-45-43(30-35)42-20-11-29-49-48(42)51(45)37-14-5-2-6-15-37/h1-31H. The van der Waals surface area contributed by atoms with E-state index >= 15 is 0 Å². The van der Waals surface area contributed by atoms with Crippen LogP contribution in [0.1, 0.15) is 0 Å². The van der Waals surface area contributed by atoms with Crippen LogP contribution in [0.2, 0.25) is 0 Å². The minimum atomic E-state index is 0.951. The van der Waals surface area contributed by atoms with Crippen LogP contribution >= 0.6 is 0 Å². The van der Waals surface area contributed by atoms with Crippen molar-refractivity contribution in [2.45, 2.75) is 0 Å². The second kappa shape index (κ2) is 11.9. The molecule has 0 amide bonds. The number of aromatic nitrogens is 3. The minimum Gasteiger partial charge on any atom is -0.294 e. The van der Waals surface area contributed by atoms with E-state index in [0.717, 1.165) is 39.1 Å². The lowest BCUT2D eigenvalue weighted by atomic mass is 9.86. The maximum Gasteiger partial charge on any atom is 0.145 e. The highest BCUT2D eigenvalue weighted by Crippen LogP contribution is 2.43. The Labute approximate surface area is 295 Å². The van der Waals surface area contributed by atoms with Crippen LogP contribution in [0.3, 0.4) is 0 Å². The fraction of sp³-hybridized carbons (Fsp3) is 0. The molecule has 0 aliphatic rings. The lowest BCUT2D eigenvalue weighted by molar-refractivity contribution is 1.14. The van der Waals surface area contributed by atoms with Gasteiger partial charge >= 0.3 is 0 Å². The van der Waals surface area contributed by atoms with Crippen LogP contribution < -0.4 is 0 Å². The first-order valence-corrected chi connectivity index (χ1v) is 17.3. The Kier molecular flexibility index (Phi) is 6.81. The third-order valence-electron chi connectivity index (χ3n) is 10.1. The Morgan fingerprint density at radius 3 is 1.55 bits per heavy atom. The number of benzene rings is 7. The predicted octanol–water partition coefficient (Wildman–Crippen LogP) is 12.5. The lowest BCUT2D eigenvalue weighted by Gasteiger charge is -2.17. The van der Waals surface area contributed by atoms with E-state index < -0.39 is 0 Å². The monoisotopic (exact) mass is 649 g/mol. The van der Waals surface area contributed by atoms with Gasteiger partial charge in [-0.25, -0.2) is 4.98 Å². The van der Waals surface area contributed by atoms with E-state index in [1.807, 2.05) is 24.5 Å². The molecule has 0 atom stereocenters. The maximum absolute atomic E-state index is 5.02. The molecule has 7 aromatic carbocycles. The molecule has 0 unspecified atom stereocenters. The van der Waals surface area contributed by atoms with Crippen LogP contribution in [0.5, 0.6) is 0 Å². The van der Waals surface area contributed by atoms with Gasteiger partial charge in [0.2, 0.25) is 0 Å². The average molecular weight is 650 g/mol. The lowest BCUT2D eigenvalue weighted by Crippen LogP contribution is -1.94. The zero-order chi connectivity index (χ0) is 33.7. The molecular weight excluding hydrogens is 619 g/mol. The van der Waals surface area contributed by atoms with Crippen LogP contribution in [-0.4, -0.2) is 14.5 Å². The molecule has 0 saturated carbocycles. The molecule has 238 valence electrons. The van der Waals surface area contributed by atoms with Gasteiger partial charge in [-0.1, -0.05) is 133 Å². The van der Waals surface area contributed by atoms with Gasteiger partial charge in [-0.05, 0) is 91.8 Å². The SMILES string of the molecule is c1ccc(-c2c3ccccc3c(-c3ccc(-c4ccc(-c5ccc6c(c5)c5cccnc5n6-c5ccccc5)cc4)nc3)c3ccccc23)cc1. The van der Waals surface area contributed by atoms with E-state index in [4.69, 9.17) is 9.97 Å². The number of hydrogen-bond donors (Lipinski definition) is 0. The van der Waals surface area contributed by atoms with Crippen LogP contribution in [-0.2, 0) is 0 Å². The van der Waals surface area contributed by atoms with Gasteiger partial charge < -0.3 is 0 Å². The summed E-state index contributed by atoms with van der Waals surface area (Å²) in [5.41, 5.74) is 12.4. The van der Waals surface area contributed by atoms with Crippen molar-refractivity contribution >= 4 is 43.5 Å². The maximum atomic E-state index is 5.02. The van der Waals surface area contributed by atoms with E-state index in [1.54, 1.807) is 0 Å². The molecule has 3 heteroatoms. The summed E-state index contributed by atoms with van der Waals surface area (Å²) >= 11 is 0. The predicted molar refractivity (Wildman–Crippen MR) is 213 cm³/mol. The van der Waals surface area contributed by atoms with Crippen LogP contribution in [0, 0.1) is 0 Å². The summed E-state index contributed by atoms with van der Waals surface area (Å²) in [6.07, 6.45) is 3.90. The first-order chi connectivity index (χ1) is 25.3. The normalized spacial score (nSPS) is 11.5. The summed E-state index contributed by atoms with van der Waals surface area (Å²) in [6, 6.07) is 62.7. The molecule has 0 radical (unpaired) electrons. The molecule has 0 fully saturated rings. The molecule has 3 nitrogen and oxygen atoms in total. The zero-order valence-electron chi connectivity index (χ0n) is 27.7. The van der Waals surface area contributed by atoms with E-state index in [9.17, 15) is 0 Å². The fourth-order valence-electron chi connectivity index (χ4n) is 7.77.